The van der Waals surface area contributed by atoms with Crippen LogP contribution in [0.5, 0.6) is 0 Å². The molecule has 2 nitrogen and oxygen atoms in total. The van der Waals surface area contributed by atoms with E-state index in [0.717, 1.165) is 4.90 Å². The number of hydrogen-bond donors (Lipinski definition) is 1. The van der Waals surface area contributed by atoms with Crippen LogP contribution >= 0.6 is 11.6 Å². The van der Waals surface area contributed by atoms with Gasteiger partial charge in [-0.05, 0) is 13.0 Å². The Kier molecular flexibility index (Phi) is 6.45. The van der Waals surface area contributed by atoms with Gasteiger partial charge in [-0.15, -0.1) is 11.6 Å². The molecule has 0 fully saturated rings. The maximum absolute atomic E-state index is 11.9. The highest BCUT2D eigenvalue weighted by atomic mass is 35.5. The van der Waals surface area contributed by atoms with E-state index in [0.29, 0.717) is 12.3 Å². The van der Waals surface area contributed by atoms with Gasteiger partial charge in [0.25, 0.3) is 0 Å². The number of hydrogen-bond acceptors (Lipinski definition) is 2. The minimum atomic E-state index is -4.21. The van der Waals surface area contributed by atoms with Crippen molar-refractivity contribution in [3.63, 3.8) is 0 Å². The van der Waals surface area contributed by atoms with E-state index >= 15 is 0 Å². The average Bonchev–Trinajstić information content (AvgIpc) is 1.98. The quantitative estimate of drug-likeness (QED) is 0.684. The maximum Gasteiger partial charge on any atom is 0.401 e. The van der Waals surface area contributed by atoms with Crippen LogP contribution in [-0.4, -0.2) is 48.3 Å². The van der Waals surface area contributed by atoms with Crippen LogP contribution in [0.25, 0.3) is 0 Å². The molecule has 0 bridgehead atoms. The van der Waals surface area contributed by atoms with Gasteiger partial charge in [0.1, 0.15) is 0 Å². The Balaban J connectivity index is 3.79. The maximum atomic E-state index is 11.9. The van der Waals surface area contributed by atoms with E-state index in [9.17, 15) is 13.2 Å². The Labute approximate surface area is 80.3 Å². The van der Waals surface area contributed by atoms with Crippen molar-refractivity contribution in [3.05, 3.63) is 0 Å². The van der Waals surface area contributed by atoms with Gasteiger partial charge < -0.3 is 5.11 Å². The van der Waals surface area contributed by atoms with Crippen molar-refractivity contribution in [1.82, 2.24) is 4.90 Å². The summed E-state index contributed by atoms with van der Waals surface area (Å²) < 4.78 is 35.7. The molecule has 0 radical (unpaired) electrons. The molecule has 0 spiro atoms. The summed E-state index contributed by atoms with van der Waals surface area (Å²) in [4.78, 5) is 1.14. The molecule has 0 saturated carbocycles. The zero-order valence-electron chi connectivity index (χ0n) is 7.15. The van der Waals surface area contributed by atoms with Crippen LogP contribution in [0, 0.1) is 0 Å². The number of aliphatic hydroxyl groups excluding tert-OH is 1. The van der Waals surface area contributed by atoms with E-state index in [1.165, 1.54) is 0 Å². The number of nitrogens with zero attached hydrogens (tertiary/aromatic N) is 1. The molecule has 0 rings (SSSR count). The Morgan fingerprint density at radius 2 is 1.85 bits per heavy atom. The van der Waals surface area contributed by atoms with Gasteiger partial charge in [0.05, 0.1) is 13.2 Å². The fourth-order valence-corrected chi connectivity index (χ4v) is 1.07. The second kappa shape index (κ2) is 6.45. The highest BCUT2D eigenvalue weighted by molar-refractivity contribution is 6.17. The van der Waals surface area contributed by atoms with E-state index < -0.39 is 12.7 Å². The molecule has 1 N–H and O–H groups in total. The minimum absolute atomic E-state index is 0.0381. The van der Waals surface area contributed by atoms with Gasteiger partial charge >= 0.3 is 6.18 Å². The smallest absolute Gasteiger partial charge is 0.395 e. The largest absolute Gasteiger partial charge is 0.401 e. The van der Waals surface area contributed by atoms with E-state index in [2.05, 4.69) is 0 Å². The van der Waals surface area contributed by atoms with Crippen molar-refractivity contribution in [1.29, 1.82) is 0 Å². The number of halogens is 4. The second-order valence-corrected chi connectivity index (χ2v) is 3.04. The Hall–Kier alpha value is -0.0000000000000000555. The summed E-state index contributed by atoms with van der Waals surface area (Å²) in [5.74, 6) is 0.333. The van der Waals surface area contributed by atoms with E-state index in [-0.39, 0.29) is 19.7 Å². The van der Waals surface area contributed by atoms with E-state index in [4.69, 9.17) is 16.7 Å². The third-order valence-electron chi connectivity index (χ3n) is 1.43. The van der Waals surface area contributed by atoms with Gasteiger partial charge in [-0.1, -0.05) is 0 Å². The molecule has 80 valence electrons. The van der Waals surface area contributed by atoms with Gasteiger partial charge in [-0.2, -0.15) is 13.2 Å². The monoisotopic (exact) mass is 219 g/mol. The first kappa shape index (κ1) is 13.0. The lowest BCUT2D eigenvalue weighted by molar-refractivity contribution is -0.146. The highest BCUT2D eigenvalue weighted by Gasteiger charge is 2.29. The Morgan fingerprint density at radius 3 is 2.23 bits per heavy atom. The van der Waals surface area contributed by atoms with Crippen LogP contribution in [0.4, 0.5) is 13.2 Å². The molecule has 0 aromatic heterocycles. The summed E-state index contributed by atoms with van der Waals surface area (Å²) in [6.07, 6.45) is -3.71. The molecule has 0 heterocycles. The molecule has 0 unspecified atom stereocenters. The summed E-state index contributed by atoms with van der Waals surface area (Å²) in [7, 11) is 0. The van der Waals surface area contributed by atoms with Crippen molar-refractivity contribution in [3.8, 4) is 0 Å². The standard InChI is InChI=1S/C7H13ClF3NO/c8-2-1-3-12(4-5-13)6-7(9,10)11/h13H,1-6H2. The predicted molar refractivity (Wildman–Crippen MR) is 44.9 cm³/mol. The third kappa shape index (κ3) is 8.33. The summed E-state index contributed by atoms with van der Waals surface area (Å²) in [6, 6.07) is 0. The van der Waals surface area contributed by atoms with Crippen molar-refractivity contribution >= 4 is 11.6 Å². The molecule has 13 heavy (non-hydrogen) atoms. The zero-order chi connectivity index (χ0) is 10.3. The van der Waals surface area contributed by atoms with Gasteiger partial charge in [0.2, 0.25) is 0 Å². The van der Waals surface area contributed by atoms with E-state index in [1.54, 1.807) is 0 Å². The lowest BCUT2D eigenvalue weighted by Crippen LogP contribution is -2.37. The van der Waals surface area contributed by atoms with Crippen LogP contribution < -0.4 is 0 Å². The molecule has 0 aromatic carbocycles. The normalized spacial score (nSPS) is 12.5. The summed E-state index contributed by atoms with van der Waals surface area (Å²) in [5, 5.41) is 8.49. The molecule has 0 saturated heterocycles. The molecule has 0 atom stereocenters. The molecular weight excluding hydrogens is 207 g/mol. The Bertz CT molecular complexity index is 131. The number of rotatable bonds is 6. The lowest BCUT2D eigenvalue weighted by Gasteiger charge is -2.21. The average molecular weight is 220 g/mol. The van der Waals surface area contributed by atoms with Crippen LogP contribution in [-0.2, 0) is 0 Å². The van der Waals surface area contributed by atoms with Gasteiger partial charge in [0, 0.05) is 12.4 Å². The number of alkyl halides is 4. The first-order chi connectivity index (χ1) is 5.99. The van der Waals surface area contributed by atoms with E-state index in [1.807, 2.05) is 0 Å². The molecule has 0 aromatic rings. The van der Waals surface area contributed by atoms with Crippen molar-refractivity contribution in [2.45, 2.75) is 12.6 Å². The summed E-state index contributed by atoms with van der Waals surface area (Å²) >= 11 is 5.35. The van der Waals surface area contributed by atoms with Crippen molar-refractivity contribution in [2.75, 3.05) is 32.1 Å². The fraction of sp³-hybridized carbons (Fsp3) is 1.00. The highest BCUT2D eigenvalue weighted by Crippen LogP contribution is 2.16. The predicted octanol–water partition coefficient (Wildman–Crippen LogP) is 1.47. The molecule has 0 aliphatic carbocycles. The first-order valence-corrected chi connectivity index (χ1v) is 4.49. The third-order valence-corrected chi connectivity index (χ3v) is 1.69. The van der Waals surface area contributed by atoms with Crippen molar-refractivity contribution in [2.24, 2.45) is 0 Å². The fourth-order valence-electron chi connectivity index (χ4n) is 0.948. The Morgan fingerprint density at radius 1 is 1.23 bits per heavy atom. The molecule has 0 amide bonds. The van der Waals surface area contributed by atoms with Crippen LogP contribution in [0.2, 0.25) is 0 Å². The van der Waals surface area contributed by atoms with Crippen LogP contribution in [0.3, 0.4) is 0 Å². The topological polar surface area (TPSA) is 23.5 Å². The van der Waals surface area contributed by atoms with Gasteiger partial charge in [-0.3, -0.25) is 4.90 Å². The molecule has 0 aliphatic rings. The summed E-state index contributed by atoms with van der Waals surface area (Å²) in [5.41, 5.74) is 0. The first-order valence-electron chi connectivity index (χ1n) is 3.95. The molecule has 0 aliphatic heterocycles. The molecular formula is C7H13ClF3NO. The SMILES string of the molecule is OCCN(CCCCl)CC(F)(F)F. The van der Waals surface area contributed by atoms with Gasteiger partial charge in [0.15, 0.2) is 0 Å². The lowest BCUT2D eigenvalue weighted by atomic mass is 10.4. The van der Waals surface area contributed by atoms with Crippen molar-refractivity contribution < 1.29 is 18.3 Å². The zero-order valence-corrected chi connectivity index (χ0v) is 7.90. The summed E-state index contributed by atoms with van der Waals surface area (Å²) in [6.45, 7) is -0.942. The van der Waals surface area contributed by atoms with Crippen LogP contribution in [0.1, 0.15) is 6.42 Å². The second-order valence-electron chi connectivity index (χ2n) is 2.66. The number of aliphatic hydroxyl groups is 1. The minimum Gasteiger partial charge on any atom is -0.395 e. The van der Waals surface area contributed by atoms with Gasteiger partial charge in [-0.25, -0.2) is 0 Å². The molecule has 6 heteroatoms. The van der Waals surface area contributed by atoms with Crippen LogP contribution in [0.15, 0.2) is 0 Å².